The molecular weight excluding hydrogens is 256 g/mol. The fourth-order valence-electron chi connectivity index (χ4n) is 4.59. The van der Waals surface area contributed by atoms with Gasteiger partial charge in [0.25, 0.3) is 0 Å². The van der Waals surface area contributed by atoms with E-state index in [1.54, 1.807) is 7.11 Å². The average molecular weight is 285 g/mol. The summed E-state index contributed by atoms with van der Waals surface area (Å²) >= 11 is 0. The lowest BCUT2D eigenvalue weighted by Crippen LogP contribution is -2.52. The highest BCUT2D eigenvalue weighted by Gasteiger charge is 2.47. The second-order valence-corrected chi connectivity index (χ2v) is 6.99. The molecule has 0 spiro atoms. The minimum atomic E-state index is -0.253. The average Bonchev–Trinajstić information content (AvgIpc) is 2.46. The second kappa shape index (κ2) is 6.30. The molecule has 5 unspecified atom stereocenters. The zero-order valence-corrected chi connectivity index (χ0v) is 12.4. The lowest BCUT2D eigenvalue weighted by Gasteiger charge is -2.44. The second-order valence-electron chi connectivity index (χ2n) is 6.99. The van der Waals surface area contributed by atoms with E-state index in [1.165, 1.54) is 6.42 Å². The van der Waals surface area contributed by atoms with Crippen molar-refractivity contribution in [3.8, 4) is 0 Å². The molecule has 20 heavy (non-hydrogen) atoms. The van der Waals surface area contributed by atoms with Crippen LogP contribution in [0.5, 0.6) is 0 Å². The largest absolute Gasteiger partial charge is 0.429 e. The van der Waals surface area contributed by atoms with Crippen LogP contribution in [0.2, 0.25) is 0 Å². The summed E-state index contributed by atoms with van der Waals surface area (Å²) in [4.78, 5) is 0. The van der Waals surface area contributed by atoms with Crippen molar-refractivity contribution >= 4 is 0 Å². The quantitative estimate of drug-likeness (QED) is 0.754. The van der Waals surface area contributed by atoms with Gasteiger partial charge in [0.2, 0.25) is 0 Å². The number of aliphatic hydroxyl groups excluding tert-OH is 2. The van der Waals surface area contributed by atoms with Gasteiger partial charge < -0.3 is 19.7 Å². The Morgan fingerprint density at radius 3 is 2.30 bits per heavy atom. The Kier molecular flexibility index (Phi) is 4.65. The predicted octanol–water partition coefficient (Wildman–Crippen LogP) is 1.38. The maximum absolute atomic E-state index is 10.0. The molecule has 0 bridgehead atoms. The first-order chi connectivity index (χ1) is 9.67. The number of hydrogen-bond acceptors (Lipinski definition) is 3. The van der Waals surface area contributed by atoms with Crippen LogP contribution in [-0.4, -0.2) is 52.6 Å². The van der Waals surface area contributed by atoms with Crippen molar-refractivity contribution < 1.29 is 19.7 Å². The first kappa shape index (κ1) is 14.8. The first-order valence-corrected chi connectivity index (χ1v) is 8.26. The summed E-state index contributed by atoms with van der Waals surface area (Å²) in [5.74, 6) is 1.16. The number of aliphatic hydroxyl groups is 4. The van der Waals surface area contributed by atoms with E-state index in [0.29, 0.717) is 17.9 Å². The maximum atomic E-state index is 10.0. The molecule has 4 nitrogen and oxygen atoms in total. The van der Waals surface area contributed by atoms with E-state index in [1.807, 2.05) is 0 Å². The van der Waals surface area contributed by atoms with Crippen molar-refractivity contribution in [2.24, 2.45) is 11.8 Å². The van der Waals surface area contributed by atoms with E-state index in [0.717, 1.165) is 44.9 Å². The van der Waals surface area contributed by atoms with E-state index in [9.17, 15) is 10.2 Å². The molecule has 3 fully saturated rings. The topological polar surface area (TPSA) is 62.5 Å². The summed E-state index contributed by atoms with van der Waals surface area (Å²) in [5, 5.41) is 19.6. The molecule has 1 saturated heterocycles. The van der Waals surface area contributed by atoms with Gasteiger partial charge in [0.05, 0.1) is 24.2 Å². The molecule has 1 heterocycles. The lowest BCUT2D eigenvalue weighted by molar-refractivity contribution is -0.266. The molecule has 3 aliphatic rings. The molecular formula is C16H29O4+. The van der Waals surface area contributed by atoms with Crippen LogP contribution in [0, 0.1) is 11.8 Å². The van der Waals surface area contributed by atoms with Crippen LogP contribution >= 0.6 is 0 Å². The van der Waals surface area contributed by atoms with E-state index in [4.69, 9.17) is 9.47 Å². The number of rotatable bonds is 2. The predicted molar refractivity (Wildman–Crippen MR) is 76.5 cm³/mol. The standard InChI is InChI=1S/C16H28O4/c1-19-15-8-12(18)9-16-13(15)6-7-14(20-16)10-2-4-11(17)5-3-10/h10-18H,2-9H2,1H3/p+1. The van der Waals surface area contributed by atoms with Gasteiger partial charge in [-0.3, -0.25) is 0 Å². The van der Waals surface area contributed by atoms with Crippen LogP contribution in [0.15, 0.2) is 0 Å². The van der Waals surface area contributed by atoms with Crippen LogP contribution in [-0.2, 0) is 4.74 Å². The van der Waals surface area contributed by atoms with Gasteiger partial charge in [0, 0.05) is 32.3 Å². The van der Waals surface area contributed by atoms with Gasteiger partial charge in [-0.2, -0.15) is 0 Å². The minimum Gasteiger partial charge on any atom is -0.429 e. The highest BCUT2D eigenvalue weighted by Crippen LogP contribution is 2.40. The Morgan fingerprint density at radius 1 is 0.850 bits per heavy atom. The third kappa shape index (κ3) is 3.03. The zero-order valence-electron chi connectivity index (χ0n) is 12.4. The summed E-state index contributed by atoms with van der Waals surface area (Å²) in [6, 6.07) is 0. The van der Waals surface area contributed by atoms with E-state index >= 15 is 0 Å². The highest BCUT2D eigenvalue weighted by atomic mass is 16.5. The van der Waals surface area contributed by atoms with E-state index in [-0.39, 0.29) is 24.4 Å². The van der Waals surface area contributed by atoms with Crippen LogP contribution in [0.4, 0.5) is 0 Å². The van der Waals surface area contributed by atoms with Crippen molar-refractivity contribution in [2.45, 2.75) is 81.9 Å². The van der Waals surface area contributed by atoms with Crippen LogP contribution in [0.25, 0.3) is 0 Å². The molecule has 4 heteroatoms. The molecule has 3 rings (SSSR count). The molecule has 0 amide bonds. The highest BCUT2D eigenvalue weighted by molar-refractivity contribution is 4.92. The van der Waals surface area contributed by atoms with Gasteiger partial charge >= 0.3 is 0 Å². The fourth-order valence-corrected chi connectivity index (χ4v) is 4.59. The number of fused-ring (bicyclic) bond motifs is 1. The van der Waals surface area contributed by atoms with E-state index in [2.05, 4.69) is 0 Å². The van der Waals surface area contributed by atoms with Crippen molar-refractivity contribution in [3.05, 3.63) is 0 Å². The molecule has 3 N–H and O–H groups in total. The Balaban J connectivity index is 1.59. The zero-order chi connectivity index (χ0) is 14.1. The third-order valence-corrected chi connectivity index (χ3v) is 5.76. The van der Waals surface area contributed by atoms with Gasteiger partial charge in [-0.25, -0.2) is 0 Å². The fraction of sp³-hybridized carbons (Fsp3) is 1.00. The van der Waals surface area contributed by atoms with Gasteiger partial charge in [0.15, 0.2) is 12.2 Å². The Bertz CT molecular complexity index is 314. The summed E-state index contributed by atoms with van der Waals surface area (Å²) in [5.41, 5.74) is 0. The molecule has 0 aromatic carbocycles. The van der Waals surface area contributed by atoms with Crippen molar-refractivity contribution in [3.63, 3.8) is 0 Å². The molecule has 0 aromatic heterocycles. The molecule has 1 aliphatic heterocycles. The van der Waals surface area contributed by atoms with Gasteiger partial charge in [-0.1, -0.05) is 0 Å². The SMILES string of the molecule is COC1CC(O)CC2[OH+]C(C3CCC(O)CC3)CCC12. The molecule has 5 atom stereocenters. The van der Waals surface area contributed by atoms with E-state index < -0.39 is 0 Å². The summed E-state index contributed by atoms with van der Waals surface area (Å²) in [7, 11) is 1.76. The number of ether oxygens (including phenoxy) is 2. The molecule has 0 radical (unpaired) electrons. The smallest absolute Gasteiger partial charge is 0.162 e. The Morgan fingerprint density at radius 2 is 1.60 bits per heavy atom. The van der Waals surface area contributed by atoms with Crippen LogP contribution < -0.4 is 0 Å². The number of hydrogen-bond donors (Lipinski definition) is 2. The molecule has 116 valence electrons. The van der Waals surface area contributed by atoms with Gasteiger partial charge in [0.1, 0.15) is 0 Å². The summed E-state index contributed by atoms with van der Waals surface area (Å²) in [6.07, 6.45) is 8.62. The molecule has 2 aliphatic carbocycles. The lowest BCUT2D eigenvalue weighted by atomic mass is 9.74. The summed E-state index contributed by atoms with van der Waals surface area (Å²) in [6.45, 7) is 0. The molecule has 2 saturated carbocycles. The van der Waals surface area contributed by atoms with Crippen molar-refractivity contribution in [1.29, 1.82) is 0 Å². The number of methoxy groups -OCH3 is 1. The van der Waals surface area contributed by atoms with Crippen LogP contribution in [0.3, 0.4) is 0 Å². The Labute approximate surface area is 121 Å². The van der Waals surface area contributed by atoms with Gasteiger partial charge in [-0.15, -0.1) is 0 Å². The summed E-state index contributed by atoms with van der Waals surface area (Å²) < 4.78 is 10.7. The Hall–Kier alpha value is -0.160. The van der Waals surface area contributed by atoms with Crippen molar-refractivity contribution in [2.75, 3.05) is 7.11 Å². The third-order valence-electron chi connectivity index (χ3n) is 5.76. The maximum Gasteiger partial charge on any atom is 0.162 e. The van der Waals surface area contributed by atoms with Gasteiger partial charge in [-0.05, 0) is 32.1 Å². The normalized spacial score (nSPS) is 49.6. The molecule has 0 aromatic rings. The monoisotopic (exact) mass is 285 g/mol. The van der Waals surface area contributed by atoms with Crippen molar-refractivity contribution in [1.82, 2.24) is 0 Å². The minimum absolute atomic E-state index is 0.0861. The first-order valence-electron chi connectivity index (χ1n) is 8.26. The van der Waals surface area contributed by atoms with Crippen LogP contribution in [0.1, 0.15) is 51.4 Å².